The van der Waals surface area contributed by atoms with E-state index in [4.69, 9.17) is 0 Å². The third-order valence-corrected chi connectivity index (χ3v) is 5.20. The molecule has 0 bridgehead atoms. The highest BCUT2D eigenvalue weighted by molar-refractivity contribution is 7.15. The monoisotopic (exact) mass is 313 g/mol. The van der Waals surface area contributed by atoms with Gasteiger partial charge in [-0.05, 0) is 37.1 Å². The van der Waals surface area contributed by atoms with Crippen LogP contribution in [0.4, 0.5) is 4.79 Å². The van der Waals surface area contributed by atoms with Crippen LogP contribution in [0.5, 0.6) is 0 Å². The first-order valence-electron chi connectivity index (χ1n) is 7.26. The summed E-state index contributed by atoms with van der Waals surface area (Å²) >= 11 is 1.72. The van der Waals surface area contributed by atoms with Gasteiger partial charge in [-0.15, -0.1) is 11.3 Å². The highest BCUT2D eigenvalue weighted by Crippen LogP contribution is 2.45. The van der Waals surface area contributed by atoms with Crippen molar-refractivity contribution in [2.75, 3.05) is 6.54 Å². The molecule has 22 heavy (non-hydrogen) atoms. The number of imide groups is 1. The first-order chi connectivity index (χ1) is 10.6. The van der Waals surface area contributed by atoms with E-state index in [1.54, 1.807) is 11.3 Å². The number of aryl methyl sites for hydroxylation is 1. The summed E-state index contributed by atoms with van der Waals surface area (Å²) in [4.78, 5) is 31.7. The average Bonchev–Trinajstić information content (AvgIpc) is 3.05. The van der Waals surface area contributed by atoms with Crippen LogP contribution in [-0.4, -0.2) is 34.4 Å². The smallest absolute Gasteiger partial charge is 0.324 e. The summed E-state index contributed by atoms with van der Waals surface area (Å²) in [6.45, 7) is 2.20. The van der Waals surface area contributed by atoms with Gasteiger partial charge in [-0.2, -0.15) is 0 Å². The molecule has 1 aliphatic carbocycles. The second-order valence-electron chi connectivity index (χ2n) is 5.72. The number of carbonyl (C=O) groups excluding carboxylic acids is 2. The van der Waals surface area contributed by atoms with Gasteiger partial charge in [0.1, 0.15) is 0 Å². The van der Waals surface area contributed by atoms with Crippen molar-refractivity contribution < 1.29 is 9.59 Å². The zero-order valence-corrected chi connectivity index (χ0v) is 12.9. The number of aromatic nitrogens is 1. The third-order valence-electron chi connectivity index (χ3n) is 4.17. The van der Waals surface area contributed by atoms with Crippen molar-refractivity contribution in [3.05, 3.63) is 40.9 Å². The number of hydrogen-bond acceptors (Lipinski definition) is 4. The summed E-state index contributed by atoms with van der Waals surface area (Å²) in [7, 11) is 0. The van der Waals surface area contributed by atoms with Crippen molar-refractivity contribution >= 4 is 23.3 Å². The van der Waals surface area contributed by atoms with Crippen molar-refractivity contribution in [1.29, 1.82) is 0 Å². The number of pyridine rings is 1. The van der Waals surface area contributed by atoms with E-state index in [-0.39, 0.29) is 30.4 Å². The minimum Gasteiger partial charge on any atom is -0.329 e. The third kappa shape index (κ3) is 2.20. The Bertz CT molecular complexity index is 737. The Labute approximate surface area is 132 Å². The molecule has 0 radical (unpaired) electrons. The first-order valence-corrected chi connectivity index (χ1v) is 8.08. The van der Waals surface area contributed by atoms with Crippen LogP contribution in [0.1, 0.15) is 22.8 Å². The van der Waals surface area contributed by atoms with E-state index in [9.17, 15) is 9.59 Å². The van der Waals surface area contributed by atoms with Gasteiger partial charge in [0.15, 0.2) is 0 Å². The van der Waals surface area contributed by atoms with Crippen molar-refractivity contribution in [1.82, 2.24) is 15.2 Å². The van der Waals surface area contributed by atoms with Gasteiger partial charge in [0.05, 0.1) is 17.1 Å². The summed E-state index contributed by atoms with van der Waals surface area (Å²) < 4.78 is 0. The summed E-state index contributed by atoms with van der Waals surface area (Å²) in [6.07, 6.45) is 2.70. The SMILES string of the molecule is Cc1ccc(-c2ccc(C3CC3N3C(=O)CNC3=O)cn2)s1. The molecule has 2 fully saturated rings. The number of carbonyl (C=O) groups is 2. The molecule has 0 aromatic carbocycles. The highest BCUT2D eigenvalue weighted by atomic mass is 32.1. The van der Waals surface area contributed by atoms with Crippen LogP contribution >= 0.6 is 11.3 Å². The molecule has 2 atom stereocenters. The first kappa shape index (κ1) is 13.5. The fourth-order valence-corrected chi connectivity index (χ4v) is 3.78. The number of amides is 3. The van der Waals surface area contributed by atoms with Crippen molar-refractivity contribution in [2.24, 2.45) is 0 Å². The molecule has 112 valence electrons. The molecule has 1 aliphatic heterocycles. The Morgan fingerprint density at radius 3 is 2.73 bits per heavy atom. The molecule has 2 unspecified atom stereocenters. The molecule has 3 heterocycles. The van der Waals surface area contributed by atoms with E-state index in [1.165, 1.54) is 9.78 Å². The second kappa shape index (κ2) is 4.91. The van der Waals surface area contributed by atoms with Crippen molar-refractivity contribution in [2.45, 2.75) is 25.3 Å². The van der Waals surface area contributed by atoms with E-state index in [1.807, 2.05) is 12.3 Å². The molecule has 2 aliphatic rings. The van der Waals surface area contributed by atoms with Crippen molar-refractivity contribution in [3.63, 3.8) is 0 Å². The van der Waals surface area contributed by atoms with Gasteiger partial charge in [-0.1, -0.05) is 6.07 Å². The minimum absolute atomic E-state index is 0.00775. The largest absolute Gasteiger partial charge is 0.329 e. The van der Waals surface area contributed by atoms with Crippen LogP contribution in [-0.2, 0) is 4.79 Å². The summed E-state index contributed by atoms with van der Waals surface area (Å²) in [5.74, 6) is 0.0931. The number of rotatable bonds is 3. The van der Waals surface area contributed by atoms with E-state index >= 15 is 0 Å². The lowest BCUT2D eigenvalue weighted by Crippen LogP contribution is -2.33. The van der Waals surface area contributed by atoms with E-state index in [0.29, 0.717) is 0 Å². The zero-order chi connectivity index (χ0) is 15.3. The standard InChI is InChI=1S/C16H15N3O2S/c1-9-2-5-14(22-9)12-4-3-10(7-17-12)11-6-13(11)19-15(20)8-18-16(19)21/h2-5,7,11,13H,6,8H2,1H3,(H,18,21). The minimum atomic E-state index is -0.267. The molecule has 6 heteroatoms. The van der Waals surface area contributed by atoms with Gasteiger partial charge in [-0.25, -0.2) is 4.79 Å². The number of urea groups is 1. The Morgan fingerprint density at radius 2 is 2.14 bits per heavy atom. The molecule has 1 N–H and O–H groups in total. The van der Waals surface area contributed by atoms with Crippen LogP contribution in [0.25, 0.3) is 10.6 Å². The van der Waals surface area contributed by atoms with Crippen LogP contribution in [0.15, 0.2) is 30.5 Å². The molecule has 3 amide bonds. The van der Waals surface area contributed by atoms with Gasteiger partial charge in [-0.3, -0.25) is 14.7 Å². The average molecular weight is 313 g/mol. The van der Waals surface area contributed by atoms with E-state index in [0.717, 1.165) is 22.6 Å². The molecule has 1 saturated carbocycles. The van der Waals surface area contributed by atoms with Gasteiger partial charge in [0.25, 0.3) is 0 Å². The maximum Gasteiger partial charge on any atom is 0.324 e. The van der Waals surface area contributed by atoms with Gasteiger partial charge >= 0.3 is 6.03 Å². The maximum absolute atomic E-state index is 11.7. The Kier molecular flexibility index (Phi) is 3.00. The highest BCUT2D eigenvalue weighted by Gasteiger charge is 2.49. The molecule has 1 saturated heterocycles. The van der Waals surface area contributed by atoms with Gasteiger partial charge in [0, 0.05) is 23.0 Å². The molecular formula is C16H15N3O2S. The molecule has 4 rings (SSSR count). The normalized spacial score (nSPS) is 23.8. The predicted octanol–water partition coefficient (Wildman–Crippen LogP) is 2.53. The second-order valence-corrected chi connectivity index (χ2v) is 7.01. The molecule has 5 nitrogen and oxygen atoms in total. The van der Waals surface area contributed by atoms with Gasteiger partial charge in [0.2, 0.25) is 5.91 Å². The lowest BCUT2D eigenvalue weighted by Gasteiger charge is -2.11. The van der Waals surface area contributed by atoms with Crippen molar-refractivity contribution in [3.8, 4) is 10.6 Å². The molecule has 2 aromatic rings. The maximum atomic E-state index is 11.7. The van der Waals surface area contributed by atoms with Crippen LogP contribution in [0.2, 0.25) is 0 Å². The fourth-order valence-electron chi connectivity index (χ4n) is 2.94. The Balaban J connectivity index is 1.51. The number of nitrogens with zero attached hydrogens (tertiary/aromatic N) is 2. The number of nitrogens with one attached hydrogen (secondary N) is 1. The quantitative estimate of drug-likeness (QED) is 0.886. The van der Waals surface area contributed by atoms with Crippen LogP contribution < -0.4 is 5.32 Å². The van der Waals surface area contributed by atoms with Crippen LogP contribution in [0, 0.1) is 6.92 Å². The summed E-state index contributed by atoms with van der Waals surface area (Å²) in [5, 5.41) is 2.57. The Hall–Kier alpha value is -2.21. The predicted molar refractivity (Wildman–Crippen MR) is 83.7 cm³/mol. The lowest BCUT2D eigenvalue weighted by atomic mass is 10.1. The van der Waals surface area contributed by atoms with Crippen LogP contribution in [0.3, 0.4) is 0 Å². The fraction of sp³-hybridized carbons (Fsp3) is 0.312. The molecular weight excluding hydrogens is 298 g/mol. The topological polar surface area (TPSA) is 62.3 Å². The Morgan fingerprint density at radius 1 is 1.27 bits per heavy atom. The lowest BCUT2D eigenvalue weighted by molar-refractivity contribution is -0.125. The number of hydrogen-bond donors (Lipinski definition) is 1. The molecule has 2 aromatic heterocycles. The zero-order valence-electron chi connectivity index (χ0n) is 12.1. The summed E-state index contributed by atoms with van der Waals surface area (Å²) in [6, 6.07) is 7.96. The number of thiophene rings is 1. The van der Waals surface area contributed by atoms with E-state index in [2.05, 4.69) is 35.4 Å². The summed E-state index contributed by atoms with van der Waals surface area (Å²) in [5.41, 5.74) is 2.06. The molecule has 0 spiro atoms. The van der Waals surface area contributed by atoms with E-state index < -0.39 is 0 Å². The van der Waals surface area contributed by atoms with Gasteiger partial charge < -0.3 is 5.32 Å².